The summed E-state index contributed by atoms with van der Waals surface area (Å²) in [5, 5.41) is 7.12. The van der Waals surface area contributed by atoms with Crippen LogP contribution in [0, 0.1) is 5.92 Å². The number of hydrogen-bond acceptors (Lipinski definition) is 6. The lowest BCUT2D eigenvalue weighted by Crippen LogP contribution is -2.67. The lowest BCUT2D eigenvalue weighted by Gasteiger charge is -2.53. The molecule has 1 aromatic rings. The normalized spacial score (nSPS) is 19.7. The highest BCUT2D eigenvalue weighted by Crippen LogP contribution is 2.38. The molecule has 3 heterocycles. The van der Waals surface area contributed by atoms with Crippen LogP contribution < -0.4 is 4.74 Å². The number of pyridine rings is 1. The number of carbonyl (C=O) groups excluding carboxylic acids is 1. The van der Waals surface area contributed by atoms with Gasteiger partial charge in [0.25, 0.3) is 0 Å². The Balaban J connectivity index is 0.000000423. The van der Waals surface area contributed by atoms with Crippen molar-refractivity contribution in [1.29, 1.82) is 0 Å². The summed E-state index contributed by atoms with van der Waals surface area (Å²) in [6.07, 6.45) is -0.299. The number of carboxylic acids is 1. The molecular weight excluding hydrogens is 421 g/mol. The minimum atomic E-state index is -5.08. The number of hydrogen-bond donors (Lipinski definition) is 1. The molecule has 0 saturated carbocycles. The van der Waals surface area contributed by atoms with Crippen LogP contribution in [0.25, 0.3) is 0 Å². The van der Waals surface area contributed by atoms with Crippen LogP contribution in [-0.2, 0) is 19.1 Å². The summed E-state index contributed by atoms with van der Waals surface area (Å²) >= 11 is 0. The number of amides is 1. The SMILES string of the molecule is CCOCC(=O)N1CC2(CC(CCOc3ccccn3)CCO2)C1.O=C(O)C(F)(F)F. The van der Waals surface area contributed by atoms with Gasteiger partial charge in [0.15, 0.2) is 0 Å². The molecule has 0 radical (unpaired) electrons. The number of ether oxygens (including phenoxy) is 3. The Morgan fingerprint density at radius 1 is 1.35 bits per heavy atom. The molecule has 11 heteroatoms. The molecule has 0 aromatic carbocycles. The molecule has 1 spiro atoms. The van der Waals surface area contributed by atoms with Gasteiger partial charge in [-0.1, -0.05) is 6.07 Å². The molecule has 0 bridgehead atoms. The summed E-state index contributed by atoms with van der Waals surface area (Å²) in [4.78, 5) is 26.8. The van der Waals surface area contributed by atoms with E-state index in [0.717, 1.165) is 25.9 Å². The van der Waals surface area contributed by atoms with Crippen molar-refractivity contribution < 1.29 is 42.1 Å². The summed E-state index contributed by atoms with van der Waals surface area (Å²) in [5.74, 6) is -1.44. The van der Waals surface area contributed by atoms with E-state index in [2.05, 4.69) is 4.98 Å². The van der Waals surface area contributed by atoms with Crippen LogP contribution in [0.15, 0.2) is 24.4 Å². The first kappa shape index (κ1) is 24.9. The molecule has 2 fully saturated rings. The minimum absolute atomic E-state index is 0.0617. The molecule has 1 atom stereocenters. The third-order valence-corrected chi connectivity index (χ3v) is 4.99. The van der Waals surface area contributed by atoms with E-state index >= 15 is 0 Å². The van der Waals surface area contributed by atoms with E-state index in [1.807, 2.05) is 30.0 Å². The Hall–Kier alpha value is -2.40. The zero-order valence-electron chi connectivity index (χ0n) is 17.3. The molecule has 2 aliphatic rings. The van der Waals surface area contributed by atoms with Crippen LogP contribution in [0.3, 0.4) is 0 Å². The predicted molar refractivity (Wildman–Crippen MR) is 103 cm³/mol. The van der Waals surface area contributed by atoms with Crippen LogP contribution >= 0.6 is 0 Å². The van der Waals surface area contributed by atoms with E-state index in [4.69, 9.17) is 24.1 Å². The molecule has 1 unspecified atom stereocenters. The molecule has 8 nitrogen and oxygen atoms in total. The maximum Gasteiger partial charge on any atom is 0.490 e. The van der Waals surface area contributed by atoms with Gasteiger partial charge in [-0.05, 0) is 38.2 Å². The monoisotopic (exact) mass is 448 g/mol. The second kappa shape index (κ2) is 11.3. The van der Waals surface area contributed by atoms with Crippen molar-refractivity contribution in [2.75, 3.05) is 39.5 Å². The summed E-state index contributed by atoms with van der Waals surface area (Å²) in [7, 11) is 0. The van der Waals surface area contributed by atoms with E-state index in [-0.39, 0.29) is 18.1 Å². The summed E-state index contributed by atoms with van der Waals surface area (Å²) in [5.41, 5.74) is -0.143. The molecular formula is C20H27F3N2O6. The largest absolute Gasteiger partial charge is 0.490 e. The Morgan fingerprint density at radius 2 is 2.06 bits per heavy atom. The van der Waals surface area contributed by atoms with Crippen molar-refractivity contribution in [3.05, 3.63) is 24.4 Å². The molecule has 174 valence electrons. The fourth-order valence-electron chi connectivity index (χ4n) is 3.46. The molecule has 1 amide bonds. The second-order valence-electron chi connectivity index (χ2n) is 7.39. The van der Waals surface area contributed by atoms with Gasteiger partial charge < -0.3 is 24.2 Å². The highest BCUT2D eigenvalue weighted by molar-refractivity contribution is 5.78. The molecule has 2 aliphatic heterocycles. The van der Waals surface area contributed by atoms with Gasteiger partial charge in [-0.2, -0.15) is 13.2 Å². The van der Waals surface area contributed by atoms with Crippen molar-refractivity contribution >= 4 is 11.9 Å². The molecule has 2 saturated heterocycles. The van der Waals surface area contributed by atoms with Crippen molar-refractivity contribution in [2.24, 2.45) is 5.92 Å². The standard InChI is InChI=1S/C18H26N2O4.C2HF3O2/c1-2-22-12-17(21)20-13-18(14-20)11-15(7-10-24-18)6-9-23-16-5-3-4-8-19-16;3-2(4,5)1(6)7/h3-5,8,15H,2,6-7,9-14H2,1H3;(H,6,7). The Bertz CT molecular complexity index is 711. The summed E-state index contributed by atoms with van der Waals surface area (Å²) < 4.78 is 48.6. The van der Waals surface area contributed by atoms with Crippen molar-refractivity contribution in [2.45, 2.75) is 38.0 Å². The van der Waals surface area contributed by atoms with Gasteiger partial charge in [0.1, 0.15) is 12.2 Å². The van der Waals surface area contributed by atoms with Crippen LogP contribution in [0.5, 0.6) is 5.88 Å². The molecule has 1 aromatic heterocycles. The third kappa shape index (κ3) is 7.98. The predicted octanol–water partition coefficient (Wildman–Crippen LogP) is 2.53. The minimum Gasteiger partial charge on any atom is -0.478 e. The number of rotatable bonds is 7. The van der Waals surface area contributed by atoms with Gasteiger partial charge >= 0.3 is 12.1 Å². The quantitative estimate of drug-likeness (QED) is 0.685. The first-order chi connectivity index (χ1) is 14.6. The van der Waals surface area contributed by atoms with Crippen LogP contribution in [0.2, 0.25) is 0 Å². The molecule has 0 aliphatic carbocycles. The average molecular weight is 448 g/mol. The van der Waals surface area contributed by atoms with E-state index in [1.54, 1.807) is 6.20 Å². The molecule has 1 N–H and O–H groups in total. The molecule has 31 heavy (non-hydrogen) atoms. The van der Waals surface area contributed by atoms with Gasteiger partial charge in [0, 0.05) is 25.5 Å². The Morgan fingerprint density at radius 3 is 2.65 bits per heavy atom. The fourth-order valence-corrected chi connectivity index (χ4v) is 3.46. The second-order valence-corrected chi connectivity index (χ2v) is 7.39. The number of halogens is 3. The zero-order valence-corrected chi connectivity index (χ0v) is 17.3. The van der Waals surface area contributed by atoms with Crippen LogP contribution in [0.1, 0.15) is 26.2 Å². The number of alkyl halides is 3. The fraction of sp³-hybridized carbons (Fsp3) is 0.650. The number of nitrogens with zero attached hydrogens (tertiary/aromatic N) is 2. The summed E-state index contributed by atoms with van der Waals surface area (Å²) in [6.45, 7) is 5.46. The Labute approximate surface area is 178 Å². The van der Waals surface area contributed by atoms with Gasteiger partial charge in [-0.3, -0.25) is 4.79 Å². The van der Waals surface area contributed by atoms with Gasteiger partial charge in [0.2, 0.25) is 11.8 Å². The number of carbonyl (C=O) groups is 2. The third-order valence-electron chi connectivity index (χ3n) is 4.99. The van der Waals surface area contributed by atoms with E-state index in [9.17, 15) is 18.0 Å². The van der Waals surface area contributed by atoms with Gasteiger partial charge in [-0.25, -0.2) is 9.78 Å². The maximum atomic E-state index is 11.9. The zero-order chi connectivity index (χ0) is 22.9. The van der Waals surface area contributed by atoms with E-state index in [0.29, 0.717) is 38.1 Å². The lowest BCUT2D eigenvalue weighted by molar-refractivity contribution is -0.192. The first-order valence-corrected chi connectivity index (χ1v) is 9.98. The van der Waals surface area contributed by atoms with Crippen molar-refractivity contribution in [1.82, 2.24) is 9.88 Å². The number of carboxylic acid groups (broad SMARTS) is 1. The highest BCUT2D eigenvalue weighted by Gasteiger charge is 2.49. The Kier molecular flexibility index (Phi) is 9.05. The number of aromatic nitrogens is 1. The van der Waals surface area contributed by atoms with Gasteiger partial charge in [-0.15, -0.1) is 0 Å². The average Bonchev–Trinajstić information content (AvgIpc) is 2.71. The topological polar surface area (TPSA) is 98.2 Å². The smallest absolute Gasteiger partial charge is 0.478 e. The van der Waals surface area contributed by atoms with Gasteiger partial charge in [0.05, 0.1) is 19.7 Å². The van der Waals surface area contributed by atoms with Crippen molar-refractivity contribution in [3.8, 4) is 5.88 Å². The lowest BCUT2D eigenvalue weighted by atomic mass is 9.79. The highest BCUT2D eigenvalue weighted by atomic mass is 19.4. The summed E-state index contributed by atoms with van der Waals surface area (Å²) in [6, 6.07) is 5.68. The van der Waals surface area contributed by atoms with Crippen LogP contribution in [0.4, 0.5) is 13.2 Å². The first-order valence-electron chi connectivity index (χ1n) is 9.98. The molecule has 3 rings (SSSR count). The van der Waals surface area contributed by atoms with E-state index < -0.39 is 12.1 Å². The van der Waals surface area contributed by atoms with E-state index in [1.165, 1.54) is 0 Å². The van der Waals surface area contributed by atoms with Crippen LogP contribution in [-0.4, -0.2) is 78.2 Å². The maximum absolute atomic E-state index is 11.9. The number of likely N-dealkylation sites (tertiary alicyclic amines) is 1. The van der Waals surface area contributed by atoms with Crippen molar-refractivity contribution in [3.63, 3.8) is 0 Å². The number of aliphatic carboxylic acids is 1.